The Morgan fingerprint density at radius 1 is 1.40 bits per heavy atom. The Labute approximate surface area is 116 Å². The maximum atomic E-state index is 12.2. The van der Waals surface area contributed by atoms with Crippen LogP contribution in [0.5, 0.6) is 0 Å². The van der Waals surface area contributed by atoms with Crippen molar-refractivity contribution in [3.63, 3.8) is 0 Å². The molecule has 0 unspecified atom stereocenters. The van der Waals surface area contributed by atoms with E-state index in [9.17, 15) is 4.79 Å². The Morgan fingerprint density at radius 3 is 2.95 bits per heavy atom. The highest BCUT2D eigenvalue weighted by atomic mass is 16.5. The number of para-hydroxylation sites is 1. The third-order valence-electron chi connectivity index (χ3n) is 3.06. The molecule has 1 heterocycles. The summed E-state index contributed by atoms with van der Waals surface area (Å²) in [4.78, 5) is 13.8. The van der Waals surface area contributed by atoms with E-state index in [1.165, 1.54) is 0 Å². The minimum Gasteiger partial charge on any atom is -0.395 e. The average Bonchev–Trinajstić information content (AvgIpc) is 2.87. The lowest BCUT2D eigenvalue weighted by Crippen LogP contribution is -2.37. The van der Waals surface area contributed by atoms with Crippen molar-refractivity contribution in [2.75, 3.05) is 33.4 Å². The van der Waals surface area contributed by atoms with Crippen LogP contribution in [0.2, 0.25) is 0 Å². The van der Waals surface area contributed by atoms with Crippen LogP contribution >= 0.6 is 0 Å². The second-order valence-corrected chi connectivity index (χ2v) is 4.40. The van der Waals surface area contributed by atoms with Crippen molar-refractivity contribution in [2.45, 2.75) is 6.42 Å². The van der Waals surface area contributed by atoms with Gasteiger partial charge >= 0.3 is 0 Å². The molecular formula is C14H18N2O4. The molecule has 0 fully saturated rings. The molecule has 0 spiro atoms. The number of ether oxygens (including phenoxy) is 1. The van der Waals surface area contributed by atoms with Crippen molar-refractivity contribution in [1.29, 1.82) is 0 Å². The van der Waals surface area contributed by atoms with Crippen molar-refractivity contribution in [1.82, 2.24) is 10.1 Å². The number of aliphatic hydroxyl groups excluding tert-OH is 1. The molecule has 6 nitrogen and oxygen atoms in total. The van der Waals surface area contributed by atoms with Gasteiger partial charge in [-0.15, -0.1) is 0 Å². The highest BCUT2D eigenvalue weighted by Gasteiger charge is 2.17. The molecule has 1 N–H and O–H groups in total. The number of methoxy groups -OCH3 is 1. The van der Waals surface area contributed by atoms with Crippen molar-refractivity contribution in [2.24, 2.45) is 0 Å². The van der Waals surface area contributed by atoms with Crippen molar-refractivity contribution in [3.05, 3.63) is 30.0 Å². The summed E-state index contributed by atoms with van der Waals surface area (Å²) in [5.74, 6) is -0.102. The molecule has 0 aliphatic carbocycles. The summed E-state index contributed by atoms with van der Waals surface area (Å²) in [6.07, 6.45) is 0.153. The minimum atomic E-state index is -0.102. The molecule has 0 aliphatic rings. The van der Waals surface area contributed by atoms with Crippen LogP contribution in [0, 0.1) is 0 Å². The van der Waals surface area contributed by atoms with Gasteiger partial charge in [0.25, 0.3) is 0 Å². The molecular weight excluding hydrogens is 260 g/mol. The van der Waals surface area contributed by atoms with E-state index < -0.39 is 0 Å². The molecule has 0 atom stereocenters. The molecule has 1 aromatic carbocycles. The Balaban J connectivity index is 2.08. The van der Waals surface area contributed by atoms with Crippen LogP contribution in [0.3, 0.4) is 0 Å². The molecule has 0 radical (unpaired) electrons. The van der Waals surface area contributed by atoms with Gasteiger partial charge in [0, 0.05) is 25.6 Å². The van der Waals surface area contributed by atoms with E-state index in [2.05, 4.69) is 5.16 Å². The van der Waals surface area contributed by atoms with Gasteiger partial charge in [-0.2, -0.15) is 0 Å². The number of amides is 1. The molecule has 0 bridgehead atoms. The van der Waals surface area contributed by atoms with E-state index >= 15 is 0 Å². The van der Waals surface area contributed by atoms with E-state index in [0.717, 1.165) is 5.39 Å². The van der Waals surface area contributed by atoms with Gasteiger partial charge in [-0.05, 0) is 12.1 Å². The molecule has 2 rings (SSSR count). The number of carbonyl (C=O) groups is 1. The van der Waals surface area contributed by atoms with E-state index in [0.29, 0.717) is 24.4 Å². The predicted octanol–water partition coefficient (Wildman–Crippen LogP) is 0.838. The molecule has 0 aliphatic heterocycles. The standard InChI is InChI=1S/C14H18N2O4/c1-19-9-7-16(6-8-17)14(18)10-12-11-4-2-3-5-13(11)20-15-12/h2-5,17H,6-10H2,1H3. The maximum absolute atomic E-state index is 12.2. The zero-order valence-corrected chi connectivity index (χ0v) is 11.4. The molecule has 1 aromatic heterocycles. The molecule has 0 saturated carbocycles. The summed E-state index contributed by atoms with van der Waals surface area (Å²) < 4.78 is 10.1. The van der Waals surface area contributed by atoms with Crippen LogP contribution in [0.1, 0.15) is 5.69 Å². The summed E-state index contributed by atoms with van der Waals surface area (Å²) in [5.41, 5.74) is 1.28. The molecule has 108 valence electrons. The smallest absolute Gasteiger partial charge is 0.228 e. The van der Waals surface area contributed by atoms with Gasteiger partial charge in [0.05, 0.1) is 19.6 Å². The normalized spacial score (nSPS) is 10.9. The Morgan fingerprint density at radius 2 is 2.20 bits per heavy atom. The van der Waals surface area contributed by atoms with Crippen molar-refractivity contribution < 1.29 is 19.2 Å². The SMILES string of the molecule is COCCN(CCO)C(=O)Cc1noc2ccccc12. The Bertz CT molecular complexity index is 567. The van der Waals surface area contributed by atoms with E-state index in [4.69, 9.17) is 14.4 Å². The number of hydrogen-bond acceptors (Lipinski definition) is 5. The second kappa shape index (κ2) is 7.02. The second-order valence-electron chi connectivity index (χ2n) is 4.40. The van der Waals surface area contributed by atoms with Crippen LogP contribution in [0.25, 0.3) is 11.0 Å². The monoisotopic (exact) mass is 278 g/mol. The number of fused-ring (bicyclic) bond motifs is 1. The summed E-state index contributed by atoms with van der Waals surface area (Å²) in [6, 6.07) is 7.42. The number of carbonyl (C=O) groups excluding carboxylic acids is 1. The van der Waals surface area contributed by atoms with E-state index in [-0.39, 0.29) is 25.5 Å². The number of rotatable bonds is 7. The first-order valence-electron chi connectivity index (χ1n) is 6.47. The number of hydrogen-bond donors (Lipinski definition) is 1. The summed E-state index contributed by atoms with van der Waals surface area (Å²) in [5, 5.41) is 13.8. The molecule has 0 saturated heterocycles. The fraction of sp³-hybridized carbons (Fsp3) is 0.429. The number of aliphatic hydroxyl groups is 1. The van der Waals surface area contributed by atoms with Crippen LogP contribution in [0.4, 0.5) is 0 Å². The quantitative estimate of drug-likeness (QED) is 0.812. The van der Waals surface area contributed by atoms with Gasteiger partial charge in [0.1, 0.15) is 5.69 Å². The van der Waals surface area contributed by atoms with Gasteiger partial charge in [-0.25, -0.2) is 0 Å². The first-order chi connectivity index (χ1) is 9.76. The zero-order valence-electron chi connectivity index (χ0n) is 11.4. The fourth-order valence-electron chi connectivity index (χ4n) is 2.00. The minimum absolute atomic E-state index is 0.0744. The zero-order chi connectivity index (χ0) is 14.4. The third kappa shape index (κ3) is 3.34. The fourth-order valence-corrected chi connectivity index (χ4v) is 2.00. The third-order valence-corrected chi connectivity index (χ3v) is 3.06. The first-order valence-corrected chi connectivity index (χ1v) is 6.47. The van der Waals surface area contributed by atoms with Gasteiger partial charge in [0.2, 0.25) is 5.91 Å². The Hall–Kier alpha value is -1.92. The molecule has 6 heteroatoms. The van der Waals surface area contributed by atoms with Gasteiger partial charge in [-0.1, -0.05) is 17.3 Å². The van der Waals surface area contributed by atoms with Gasteiger partial charge in [0.15, 0.2) is 5.58 Å². The molecule has 1 amide bonds. The van der Waals surface area contributed by atoms with Gasteiger partial charge < -0.3 is 19.3 Å². The first kappa shape index (κ1) is 14.5. The van der Waals surface area contributed by atoms with E-state index in [1.807, 2.05) is 24.3 Å². The van der Waals surface area contributed by atoms with Crippen LogP contribution in [-0.2, 0) is 16.0 Å². The number of benzene rings is 1. The number of nitrogens with zero attached hydrogens (tertiary/aromatic N) is 2. The van der Waals surface area contributed by atoms with Crippen molar-refractivity contribution >= 4 is 16.9 Å². The van der Waals surface area contributed by atoms with Crippen LogP contribution in [-0.4, -0.2) is 54.5 Å². The summed E-state index contributed by atoms with van der Waals surface area (Å²) in [7, 11) is 1.58. The largest absolute Gasteiger partial charge is 0.395 e. The highest BCUT2D eigenvalue weighted by Crippen LogP contribution is 2.18. The number of aromatic nitrogens is 1. The molecule has 2 aromatic rings. The topological polar surface area (TPSA) is 75.8 Å². The summed E-state index contributed by atoms with van der Waals surface area (Å²) >= 11 is 0. The lowest BCUT2D eigenvalue weighted by Gasteiger charge is -2.20. The van der Waals surface area contributed by atoms with Crippen molar-refractivity contribution in [3.8, 4) is 0 Å². The predicted molar refractivity (Wildman–Crippen MR) is 73.3 cm³/mol. The lowest BCUT2D eigenvalue weighted by molar-refractivity contribution is -0.131. The highest BCUT2D eigenvalue weighted by molar-refractivity contribution is 5.86. The Kier molecular flexibility index (Phi) is 5.09. The molecule has 20 heavy (non-hydrogen) atoms. The van der Waals surface area contributed by atoms with Gasteiger partial charge in [-0.3, -0.25) is 4.79 Å². The lowest BCUT2D eigenvalue weighted by atomic mass is 10.1. The summed E-state index contributed by atoms with van der Waals surface area (Å²) in [6.45, 7) is 1.10. The van der Waals surface area contributed by atoms with Crippen LogP contribution < -0.4 is 0 Å². The van der Waals surface area contributed by atoms with Crippen LogP contribution in [0.15, 0.2) is 28.8 Å². The maximum Gasteiger partial charge on any atom is 0.228 e. The average molecular weight is 278 g/mol. The van der Waals surface area contributed by atoms with E-state index in [1.54, 1.807) is 12.0 Å².